The van der Waals surface area contributed by atoms with Crippen LogP contribution in [0, 0.1) is 5.41 Å². The van der Waals surface area contributed by atoms with Crippen LogP contribution in [0.1, 0.15) is 20.8 Å². The molecule has 0 radical (unpaired) electrons. The molecular weight excluding hydrogens is 326 g/mol. The fourth-order valence-electron chi connectivity index (χ4n) is 1.30. The van der Waals surface area contributed by atoms with Crippen LogP contribution < -0.4 is 10.1 Å². The summed E-state index contributed by atoms with van der Waals surface area (Å²) >= 11 is 3.31. The number of halogens is 1. The van der Waals surface area contributed by atoms with E-state index in [0.717, 1.165) is 4.47 Å². The Hall–Kier alpha value is -1.56. The molecule has 0 aliphatic rings. The minimum Gasteiger partial charge on any atom is -0.481 e. The van der Waals surface area contributed by atoms with Crippen LogP contribution in [0.3, 0.4) is 0 Å². The highest BCUT2D eigenvalue weighted by Gasteiger charge is 2.28. The molecule has 0 saturated carbocycles. The Morgan fingerprint density at radius 2 is 1.90 bits per heavy atom. The number of carboxylic acids is 1. The number of hydrogen-bond acceptors (Lipinski definition) is 3. The molecule has 0 heterocycles. The first-order valence-corrected chi connectivity index (χ1v) is 6.95. The van der Waals surface area contributed by atoms with Crippen LogP contribution in [0.15, 0.2) is 28.7 Å². The third-order valence-corrected chi connectivity index (χ3v) is 3.31. The van der Waals surface area contributed by atoms with Gasteiger partial charge in [-0.2, -0.15) is 0 Å². The lowest BCUT2D eigenvalue weighted by atomic mass is 9.94. The average molecular weight is 344 g/mol. The minimum absolute atomic E-state index is 0.0508. The first-order valence-electron chi connectivity index (χ1n) is 6.16. The average Bonchev–Trinajstić information content (AvgIpc) is 2.38. The molecule has 0 aliphatic heterocycles. The SMILES string of the molecule is CC(Oc1ccc(Br)cc1)C(=O)NCC(C)(C)C(=O)O. The Morgan fingerprint density at radius 3 is 2.40 bits per heavy atom. The van der Waals surface area contributed by atoms with Crippen molar-refractivity contribution in [3.05, 3.63) is 28.7 Å². The summed E-state index contributed by atoms with van der Waals surface area (Å²) < 4.78 is 6.40. The largest absolute Gasteiger partial charge is 0.481 e. The lowest BCUT2D eigenvalue weighted by Crippen LogP contribution is -2.43. The van der Waals surface area contributed by atoms with Crippen molar-refractivity contribution in [3.8, 4) is 5.75 Å². The van der Waals surface area contributed by atoms with E-state index in [1.165, 1.54) is 0 Å². The molecule has 1 rings (SSSR count). The van der Waals surface area contributed by atoms with Crippen molar-refractivity contribution in [1.82, 2.24) is 5.32 Å². The van der Waals surface area contributed by atoms with Gasteiger partial charge in [0, 0.05) is 11.0 Å². The zero-order valence-corrected chi connectivity index (χ0v) is 13.2. The normalized spacial score (nSPS) is 12.6. The highest BCUT2D eigenvalue weighted by atomic mass is 79.9. The van der Waals surface area contributed by atoms with Gasteiger partial charge >= 0.3 is 5.97 Å². The molecule has 1 atom stereocenters. The van der Waals surface area contributed by atoms with Crippen molar-refractivity contribution in [3.63, 3.8) is 0 Å². The molecule has 2 N–H and O–H groups in total. The van der Waals surface area contributed by atoms with Crippen molar-refractivity contribution in [2.24, 2.45) is 5.41 Å². The van der Waals surface area contributed by atoms with E-state index in [1.54, 1.807) is 32.9 Å². The van der Waals surface area contributed by atoms with E-state index in [1.807, 2.05) is 12.1 Å². The van der Waals surface area contributed by atoms with E-state index in [-0.39, 0.29) is 12.5 Å². The molecule has 0 aromatic heterocycles. The van der Waals surface area contributed by atoms with Crippen molar-refractivity contribution < 1.29 is 19.4 Å². The van der Waals surface area contributed by atoms with E-state index < -0.39 is 17.5 Å². The predicted molar refractivity (Wildman–Crippen MR) is 78.7 cm³/mol. The molecule has 1 amide bonds. The van der Waals surface area contributed by atoms with Crippen LogP contribution in [0.5, 0.6) is 5.75 Å². The van der Waals surface area contributed by atoms with Crippen molar-refractivity contribution in [1.29, 1.82) is 0 Å². The van der Waals surface area contributed by atoms with Crippen LogP contribution in [-0.4, -0.2) is 29.6 Å². The number of ether oxygens (including phenoxy) is 1. The number of hydrogen-bond donors (Lipinski definition) is 2. The molecule has 1 aromatic carbocycles. The number of amides is 1. The maximum Gasteiger partial charge on any atom is 0.310 e. The summed E-state index contributed by atoms with van der Waals surface area (Å²) in [6.07, 6.45) is -0.694. The second kappa shape index (κ2) is 6.74. The fraction of sp³-hybridized carbons (Fsp3) is 0.429. The molecule has 20 heavy (non-hydrogen) atoms. The molecule has 0 fully saturated rings. The van der Waals surface area contributed by atoms with E-state index in [9.17, 15) is 9.59 Å². The van der Waals surface area contributed by atoms with E-state index in [2.05, 4.69) is 21.2 Å². The van der Waals surface area contributed by atoms with Crippen molar-refractivity contribution >= 4 is 27.8 Å². The third kappa shape index (κ3) is 4.85. The van der Waals surface area contributed by atoms with Gasteiger partial charge < -0.3 is 15.2 Å². The Balaban J connectivity index is 2.51. The maximum atomic E-state index is 11.8. The maximum absolute atomic E-state index is 11.8. The van der Waals surface area contributed by atoms with Gasteiger partial charge in [-0.15, -0.1) is 0 Å². The number of carboxylic acid groups (broad SMARTS) is 1. The number of carbonyl (C=O) groups excluding carboxylic acids is 1. The fourth-order valence-corrected chi connectivity index (χ4v) is 1.56. The van der Waals surface area contributed by atoms with Crippen LogP contribution in [0.4, 0.5) is 0 Å². The van der Waals surface area contributed by atoms with E-state index in [0.29, 0.717) is 5.75 Å². The Labute approximate surface area is 126 Å². The van der Waals surface area contributed by atoms with Gasteiger partial charge in [0.2, 0.25) is 0 Å². The quantitative estimate of drug-likeness (QED) is 0.831. The summed E-state index contributed by atoms with van der Waals surface area (Å²) in [4.78, 5) is 22.8. The molecule has 1 aromatic rings. The number of benzene rings is 1. The van der Waals surface area contributed by atoms with Gasteiger partial charge in [-0.3, -0.25) is 9.59 Å². The first-order chi connectivity index (χ1) is 9.22. The molecule has 5 nitrogen and oxygen atoms in total. The number of rotatable bonds is 6. The summed E-state index contributed by atoms with van der Waals surface area (Å²) in [5, 5.41) is 11.5. The lowest BCUT2D eigenvalue weighted by Gasteiger charge is -2.21. The summed E-state index contributed by atoms with van der Waals surface area (Å²) in [6.45, 7) is 4.77. The molecule has 0 saturated heterocycles. The Morgan fingerprint density at radius 1 is 1.35 bits per heavy atom. The van der Waals surface area contributed by atoms with Gasteiger partial charge in [0.25, 0.3) is 5.91 Å². The smallest absolute Gasteiger partial charge is 0.310 e. The minimum atomic E-state index is -1.01. The van der Waals surface area contributed by atoms with Gasteiger partial charge in [-0.25, -0.2) is 0 Å². The first kappa shape index (κ1) is 16.5. The zero-order valence-electron chi connectivity index (χ0n) is 11.6. The topological polar surface area (TPSA) is 75.6 Å². The molecule has 0 spiro atoms. The molecule has 110 valence electrons. The van der Waals surface area contributed by atoms with Crippen molar-refractivity contribution in [2.75, 3.05) is 6.54 Å². The second-order valence-electron chi connectivity index (χ2n) is 5.12. The highest BCUT2D eigenvalue weighted by molar-refractivity contribution is 9.10. The van der Waals surface area contributed by atoms with Gasteiger partial charge in [0.15, 0.2) is 6.10 Å². The van der Waals surface area contributed by atoms with Gasteiger partial charge in [0.1, 0.15) is 5.75 Å². The lowest BCUT2D eigenvalue weighted by molar-refractivity contribution is -0.147. The molecule has 0 bridgehead atoms. The Kier molecular flexibility index (Phi) is 5.56. The van der Waals surface area contributed by atoms with Crippen LogP contribution in [0.2, 0.25) is 0 Å². The number of carbonyl (C=O) groups is 2. The van der Waals surface area contributed by atoms with Crippen molar-refractivity contribution in [2.45, 2.75) is 26.9 Å². The van der Waals surface area contributed by atoms with Crippen LogP contribution in [-0.2, 0) is 9.59 Å². The molecule has 6 heteroatoms. The number of nitrogens with one attached hydrogen (secondary N) is 1. The predicted octanol–water partition coefficient (Wildman–Crippen LogP) is 2.44. The van der Waals surface area contributed by atoms with Crippen LogP contribution >= 0.6 is 15.9 Å². The molecular formula is C14H18BrNO4. The standard InChI is InChI=1S/C14H18BrNO4/c1-9(20-11-6-4-10(15)5-7-11)12(17)16-8-14(2,3)13(18)19/h4-7,9H,8H2,1-3H3,(H,16,17)(H,18,19). The summed E-state index contributed by atoms with van der Waals surface area (Å²) in [7, 11) is 0. The highest BCUT2D eigenvalue weighted by Crippen LogP contribution is 2.17. The van der Waals surface area contributed by atoms with E-state index in [4.69, 9.17) is 9.84 Å². The summed E-state index contributed by atoms with van der Waals surface area (Å²) in [5.41, 5.74) is -1.01. The van der Waals surface area contributed by atoms with E-state index >= 15 is 0 Å². The second-order valence-corrected chi connectivity index (χ2v) is 6.04. The van der Waals surface area contributed by atoms with Crippen LogP contribution in [0.25, 0.3) is 0 Å². The summed E-state index contributed by atoms with van der Waals surface area (Å²) in [6, 6.07) is 7.12. The van der Waals surface area contributed by atoms with Gasteiger partial charge in [-0.05, 0) is 45.0 Å². The monoisotopic (exact) mass is 343 g/mol. The number of aliphatic carboxylic acids is 1. The third-order valence-electron chi connectivity index (χ3n) is 2.78. The Bertz CT molecular complexity index is 484. The molecule has 0 aliphatic carbocycles. The summed E-state index contributed by atoms with van der Waals surface area (Å²) in [5.74, 6) is -0.727. The van der Waals surface area contributed by atoms with Gasteiger partial charge in [-0.1, -0.05) is 15.9 Å². The molecule has 1 unspecified atom stereocenters. The zero-order chi connectivity index (χ0) is 15.3. The van der Waals surface area contributed by atoms with Gasteiger partial charge in [0.05, 0.1) is 5.41 Å².